The predicted octanol–water partition coefficient (Wildman–Crippen LogP) is 3.68. The first-order valence-corrected chi connectivity index (χ1v) is 7.17. The highest BCUT2D eigenvalue weighted by Gasteiger charge is 2.28. The summed E-state index contributed by atoms with van der Waals surface area (Å²) in [6.45, 7) is 0.636. The maximum Gasteiger partial charge on any atom is 0.254 e. The normalized spacial score (nSPS) is 15.4. The van der Waals surface area contributed by atoms with Crippen LogP contribution in [0.25, 0.3) is 0 Å². The van der Waals surface area contributed by atoms with E-state index in [0.717, 1.165) is 22.9 Å². The van der Waals surface area contributed by atoms with E-state index in [0.29, 0.717) is 18.5 Å². The smallest absolute Gasteiger partial charge is 0.254 e. The van der Waals surface area contributed by atoms with Gasteiger partial charge in [-0.1, -0.05) is 22.0 Å². The average molecular weight is 317 g/mol. The van der Waals surface area contributed by atoms with E-state index in [4.69, 9.17) is 11.6 Å². The monoisotopic (exact) mass is 315 g/mol. The third kappa shape index (κ3) is 3.02. The zero-order valence-corrected chi connectivity index (χ0v) is 11.9. The molecule has 4 heteroatoms. The molecule has 1 aliphatic carbocycles. The molecule has 0 aromatic heterocycles. The minimum absolute atomic E-state index is 0.0941. The van der Waals surface area contributed by atoms with E-state index in [1.54, 1.807) is 0 Å². The predicted molar refractivity (Wildman–Crippen MR) is 73.5 cm³/mol. The largest absolute Gasteiger partial charge is 0.334 e. The van der Waals surface area contributed by atoms with Gasteiger partial charge in [0, 0.05) is 28.5 Å². The number of carbonyl (C=O) groups is 1. The van der Waals surface area contributed by atoms with Gasteiger partial charge in [-0.3, -0.25) is 4.79 Å². The summed E-state index contributed by atoms with van der Waals surface area (Å²) in [5.41, 5.74) is 0.733. The molecule has 0 unspecified atom stereocenters. The maximum atomic E-state index is 12.4. The van der Waals surface area contributed by atoms with Crippen molar-refractivity contribution in [2.45, 2.75) is 25.3 Å². The quantitative estimate of drug-likeness (QED) is 0.776. The molecule has 1 amide bonds. The molecule has 1 fully saturated rings. The molecule has 0 N–H and O–H groups in total. The Hall–Kier alpha value is -0.540. The lowest BCUT2D eigenvalue weighted by atomic mass is 9.91. The van der Waals surface area contributed by atoms with Gasteiger partial charge in [0.1, 0.15) is 0 Å². The summed E-state index contributed by atoms with van der Waals surface area (Å²) in [4.78, 5) is 14.3. The molecule has 2 rings (SSSR count). The molecule has 0 bridgehead atoms. The van der Waals surface area contributed by atoms with Gasteiger partial charge >= 0.3 is 0 Å². The summed E-state index contributed by atoms with van der Waals surface area (Å²) in [5, 5.41) is 0. The lowest BCUT2D eigenvalue weighted by Gasteiger charge is -2.37. The summed E-state index contributed by atoms with van der Waals surface area (Å²) in [7, 11) is 0. The Morgan fingerprint density at radius 2 is 2.24 bits per heavy atom. The van der Waals surface area contributed by atoms with Crippen molar-refractivity contribution < 1.29 is 4.79 Å². The number of nitrogens with zero attached hydrogens (tertiary/aromatic N) is 1. The van der Waals surface area contributed by atoms with Crippen molar-refractivity contribution in [3.8, 4) is 0 Å². The molecule has 2 nitrogen and oxygen atoms in total. The Labute approximate surface area is 115 Å². The second-order valence-corrected chi connectivity index (χ2v) is 5.58. The van der Waals surface area contributed by atoms with Crippen LogP contribution in [0.5, 0.6) is 0 Å². The molecular formula is C13H15BrClNO. The second-order valence-electron chi connectivity index (χ2n) is 4.28. The first kappa shape index (κ1) is 12.9. The van der Waals surface area contributed by atoms with Crippen molar-refractivity contribution in [1.29, 1.82) is 0 Å². The van der Waals surface area contributed by atoms with Crippen molar-refractivity contribution in [1.82, 2.24) is 4.90 Å². The number of amides is 1. The summed E-state index contributed by atoms with van der Waals surface area (Å²) >= 11 is 9.17. The molecule has 1 aliphatic rings. The molecule has 0 aliphatic heterocycles. The van der Waals surface area contributed by atoms with Crippen LogP contribution < -0.4 is 0 Å². The maximum absolute atomic E-state index is 12.4. The van der Waals surface area contributed by atoms with Crippen LogP contribution >= 0.6 is 27.5 Å². The minimum atomic E-state index is 0.0941. The van der Waals surface area contributed by atoms with Gasteiger partial charge in [-0.25, -0.2) is 0 Å². The highest BCUT2D eigenvalue weighted by Crippen LogP contribution is 2.26. The van der Waals surface area contributed by atoms with Crippen LogP contribution in [-0.4, -0.2) is 29.3 Å². The molecular weight excluding hydrogens is 302 g/mol. The molecule has 0 spiro atoms. The van der Waals surface area contributed by atoms with Gasteiger partial charge in [0.2, 0.25) is 0 Å². The third-order valence-corrected chi connectivity index (χ3v) is 3.84. The summed E-state index contributed by atoms with van der Waals surface area (Å²) in [6.07, 6.45) is 3.43. The van der Waals surface area contributed by atoms with E-state index in [9.17, 15) is 4.79 Å². The van der Waals surface area contributed by atoms with Crippen molar-refractivity contribution in [2.75, 3.05) is 12.4 Å². The van der Waals surface area contributed by atoms with Crippen LogP contribution in [0.15, 0.2) is 28.7 Å². The number of rotatable bonds is 4. The molecule has 1 saturated carbocycles. The van der Waals surface area contributed by atoms with Crippen molar-refractivity contribution in [2.24, 2.45) is 0 Å². The van der Waals surface area contributed by atoms with E-state index in [1.165, 1.54) is 6.42 Å². The van der Waals surface area contributed by atoms with Crippen LogP contribution in [0.3, 0.4) is 0 Å². The van der Waals surface area contributed by atoms with E-state index in [1.807, 2.05) is 29.2 Å². The number of hydrogen-bond acceptors (Lipinski definition) is 1. The van der Waals surface area contributed by atoms with E-state index in [-0.39, 0.29) is 5.91 Å². The van der Waals surface area contributed by atoms with Crippen molar-refractivity contribution >= 4 is 33.4 Å². The fraction of sp³-hybridized carbons (Fsp3) is 0.462. The van der Waals surface area contributed by atoms with Gasteiger partial charge in [0.05, 0.1) is 0 Å². The lowest BCUT2D eigenvalue weighted by molar-refractivity contribution is 0.0598. The summed E-state index contributed by atoms with van der Waals surface area (Å²) < 4.78 is 0.933. The number of benzene rings is 1. The van der Waals surface area contributed by atoms with E-state index >= 15 is 0 Å². The minimum Gasteiger partial charge on any atom is -0.334 e. The topological polar surface area (TPSA) is 20.3 Å². The molecule has 0 saturated heterocycles. The summed E-state index contributed by atoms with van der Waals surface area (Å²) in [5.74, 6) is 0.590. The standard InChI is InChI=1S/C13H15BrClNO/c14-11-4-1-3-10(9-11)13(17)16(8-7-15)12-5-2-6-12/h1,3-4,9,12H,2,5-8H2. The average Bonchev–Trinajstić information content (AvgIpc) is 2.25. The first-order chi connectivity index (χ1) is 8.22. The first-order valence-electron chi connectivity index (χ1n) is 5.85. The van der Waals surface area contributed by atoms with Gasteiger partial charge in [-0.2, -0.15) is 0 Å². The van der Waals surface area contributed by atoms with Crippen molar-refractivity contribution in [3.63, 3.8) is 0 Å². The fourth-order valence-electron chi connectivity index (χ4n) is 2.03. The zero-order valence-electron chi connectivity index (χ0n) is 9.53. The van der Waals surface area contributed by atoms with E-state index in [2.05, 4.69) is 15.9 Å². The SMILES string of the molecule is O=C(c1cccc(Br)c1)N(CCCl)C1CCC1. The molecule has 1 aromatic carbocycles. The zero-order chi connectivity index (χ0) is 12.3. The summed E-state index contributed by atoms with van der Waals surface area (Å²) in [6, 6.07) is 7.92. The fourth-order valence-corrected chi connectivity index (χ4v) is 2.61. The lowest BCUT2D eigenvalue weighted by Crippen LogP contribution is -2.45. The van der Waals surface area contributed by atoms with Crippen LogP contribution in [0.4, 0.5) is 0 Å². The van der Waals surface area contributed by atoms with Crippen LogP contribution in [0.1, 0.15) is 29.6 Å². The van der Waals surface area contributed by atoms with Crippen LogP contribution in [-0.2, 0) is 0 Å². The molecule has 0 heterocycles. The number of carbonyl (C=O) groups excluding carboxylic acids is 1. The molecule has 17 heavy (non-hydrogen) atoms. The third-order valence-electron chi connectivity index (χ3n) is 3.17. The van der Waals surface area contributed by atoms with Gasteiger partial charge in [0.15, 0.2) is 0 Å². The Bertz CT molecular complexity index is 406. The van der Waals surface area contributed by atoms with E-state index < -0.39 is 0 Å². The highest BCUT2D eigenvalue weighted by atomic mass is 79.9. The molecule has 92 valence electrons. The Kier molecular flexibility index (Phi) is 4.46. The number of halogens is 2. The van der Waals surface area contributed by atoms with Gasteiger partial charge < -0.3 is 4.90 Å². The Morgan fingerprint density at radius 3 is 2.76 bits per heavy atom. The van der Waals surface area contributed by atoms with Crippen LogP contribution in [0, 0.1) is 0 Å². The van der Waals surface area contributed by atoms with Crippen molar-refractivity contribution in [3.05, 3.63) is 34.3 Å². The number of alkyl halides is 1. The molecule has 0 radical (unpaired) electrons. The Morgan fingerprint density at radius 1 is 1.47 bits per heavy atom. The molecule has 0 atom stereocenters. The van der Waals surface area contributed by atoms with Crippen LogP contribution in [0.2, 0.25) is 0 Å². The highest BCUT2D eigenvalue weighted by molar-refractivity contribution is 9.10. The number of hydrogen-bond donors (Lipinski definition) is 0. The molecule has 1 aromatic rings. The van der Waals surface area contributed by atoms with Gasteiger partial charge in [0.25, 0.3) is 5.91 Å². The second kappa shape index (κ2) is 5.87. The van der Waals surface area contributed by atoms with Gasteiger partial charge in [-0.15, -0.1) is 11.6 Å². The van der Waals surface area contributed by atoms with Gasteiger partial charge in [-0.05, 0) is 37.5 Å². The Balaban J connectivity index is 2.15.